The molecule has 0 N–H and O–H groups in total. The fraction of sp³-hybridized carbons (Fsp3) is 0.818. The van der Waals surface area contributed by atoms with E-state index < -0.39 is 9.28 Å². The molecule has 0 saturated carbocycles. The summed E-state index contributed by atoms with van der Waals surface area (Å²) in [7, 11) is -1.58. The quantitative estimate of drug-likeness (QED) is 0.552. The van der Waals surface area contributed by atoms with Crippen LogP contribution in [0.4, 0.5) is 0 Å². The van der Waals surface area contributed by atoms with Gasteiger partial charge in [-0.3, -0.25) is 0 Å². The Balaban J connectivity index is 3.88. The normalized spacial score (nSPS) is 10.9. The Bertz CT molecular complexity index is 140. The summed E-state index contributed by atoms with van der Waals surface area (Å²) in [5.74, 6) is 0. The Morgan fingerprint density at radius 1 is 1.00 bits per heavy atom. The van der Waals surface area contributed by atoms with Gasteiger partial charge in [0.05, 0.1) is 0 Å². The molecule has 3 heteroatoms. The van der Waals surface area contributed by atoms with Crippen molar-refractivity contribution in [3.63, 3.8) is 0 Å². The molecule has 0 aliphatic rings. The monoisotopic (exact) mass is 216 g/mol. The predicted octanol–water partition coefficient (Wildman–Crippen LogP) is 2.96. The third-order valence-electron chi connectivity index (χ3n) is 1.85. The fourth-order valence-corrected chi connectivity index (χ4v) is 3.16. The van der Waals surface area contributed by atoms with E-state index in [0.717, 1.165) is 38.9 Å². The molecule has 0 amide bonds. The predicted molar refractivity (Wildman–Crippen MR) is 63.7 cm³/mol. The van der Waals surface area contributed by atoms with Crippen LogP contribution in [-0.2, 0) is 8.85 Å². The molecule has 0 radical (unpaired) electrons. The lowest BCUT2D eigenvalue weighted by Crippen LogP contribution is -2.26. The topological polar surface area (TPSA) is 18.5 Å². The highest BCUT2D eigenvalue weighted by molar-refractivity contribution is 6.53. The minimum Gasteiger partial charge on any atom is -0.393 e. The molecule has 0 aliphatic heterocycles. The molecule has 0 aromatic carbocycles. The molecule has 0 fully saturated rings. The lowest BCUT2D eigenvalue weighted by atomic mass is 10.3. The molecule has 0 bridgehead atoms. The van der Waals surface area contributed by atoms with E-state index in [4.69, 9.17) is 8.85 Å². The molecule has 14 heavy (non-hydrogen) atoms. The van der Waals surface area contributed by atoms with E-state index in [9.17, 15) is 0 Å². The Labute approximate surface area is 90.2 Å². The van der Waals surface area contributed by atoms with Crippen molar-refractivity contribution in [2.45, 2.75) is 46.5 Å². The van der Waals surface area contributed by atoms with Gasteiger partial charge in [0.15, 0.2) is 0 Å². The van der Waals surface area contributed by atoms with Gasteiger partial charge in [-0.1, -0.05) is 33.8 Å². The minimum atomic E-state index is -1.58. The van der Waals surface area contributed by atoms with Crippen LogP contribution in [0.1, 0.15) is 46.5 Å². The van der Waals surface area contributed by atoms with Crippen LogP contribution < -0.4 is 0 Å². The number of rotatable bonds is 9. The molecule has 0 rings (SSSR count). The van der Waals surface area contributed by atoms with Crippen molar-refractivity contribution >= 4 is 9.28 Å². The van der Waals surface area contributed by atoms with Crippen LogP contribution in [0.5, 0.6) is 0 Å². The minimum absolute atomic E-state index is 0.809. The summed E-state index contributed by atoms with van der Waals surface area (Å²) in [5.41, 5.74) is 0. The van der Waals surface area contributed by atoms with Crippen molar-refractivity contribution in [3.8, 4) is 0 Å². The second-order valence-electron chi connectivity index (χ2n) is 3.48. The summed E-state index contributed by atoms with van der Waals surface area (Å²) in [6.07, 6.45) is 4.29. The first-order valence-corrected chi connectivity index (χ1v) is 7.19. The molecular formula is C11H24O2Si. The molecule has 0 atom stereocenters. The first kappa shape index (κ1) is 13.9. The van der Waals surface area contributed by atoms with Gasteiger partial charge in [0.2, 0.25) is 0 Å². The van der Waals surface area contributed by atoms with Crippen LogP contribution in [0, 0.1) is 0 Å². The largest absolute Gasteiger partial charge is 0.393 e. The number of hydrogen-bond donors (Lipinski definition) is 0. The van der Waals surface area contributed by atoms with Crippen LogP contribution in [0.2, 0.25) is 0 Å². The number of hydrogen-bond acceptors (Lipinski definition) is 2. The maximum absolute atomic E-state index is 5.72. The van der Waals surface area contributed by atoms with Gasteiger partial charge in [0.1, 0.15) is 0 Å². The standard InChI is InChI=1S/C11H24O2Si/c1-5-8-11(4)14(12-9-6-2)13-10-7-3/h14H,4-10H2,1-3H3. The van der Waals surface area contributed by atoms with Gasteiger partial charge in [-0.2, -0.15) is 0 Å². The summed E-state index contributed by atoms with van der Waals surface area (Å²) in [4.78, 5) is 0. The van der Waals surface area contributed by atoms with Crippen LogP contribution in [-0.4, -0.2) is 22.5 Å². The first-order valence-electron chi connectivity index (χ1n) is 5.67. The van der Waals surface area contributed by atoms with Crippen molar-refractivity contribution < 1.29 is 8.85 Å². The summed E-state index contributed by atoms with van der Waals surface area (Å²) in [6, 6.07) is 0. The maximum atomic E-state index is 5.72. The van der Waals surface area contributed by atoms with Crippen molar-refractivity contribution in [2.24, 2.45) is 0 Å². The second-order valence-corrected chi connectivity index (χ2v) is 5.63. The van der Waals surface area contributed by atoms with Crippen LogP contribution in [0.3, 0.4) is 0 Å². The van der Waals surface area contributed by atoms with E-state index in [1.54, 1.807) is 0 Å². The Kier molecular flexibility index (Phi) is 9.35. The average molecular weight is 216 g/mol. The van der Waals surface area contributed by atoms with Crippen LogP contribution in [0.25, 0.3) is 0 Å². The van der Waals surface area contributed by atoms with Crippen molar-refractivity contribution in [2.75, 3.05) is 13.2 Å². The highest BCUT2D eigenvalue weighted by Crippen LogP contribution is 2.09. The van der Waals surface area contributed by atoms with Crippen molar-refractivity contribution in [1.82, 2.24) is 0 Å². The maximum Gasteiger partial charge on any atom is 0.351 e. The van der Waals surface area contributed by atoms with Gasteiger partial charge >= 0.3 is 9.28 Å². The Hall–Kier alpha value is -0.123. The smallest absolute Gasteiger partial charge is 0.351 e. The van der Waals surface area contributed by atoms with Crippen molar-refractivity contribution in [1.29, 1.82) is 0 Å². The van der Waals surface area contributed by atoms with Gasteiger partial charge in [0.25, 0.3) is 0 Å². The highest BCUT2D eigenvalue weighted by atomic mass is 28.3. The van der Waals surface area contributed by atoms with Crippen LogP contribution >= 0.6 is 0 Å². The van der Waals surface area contributed by atoms with Gasteiger partial charge in [-0.05, 0) is 24.5 Å². The average Bonchev–Trinajstić information content (AvgIpc) is 2.18. The molecule has 0 aromatic rings. The molecule has 0 heterocycles. The molecule has 0 aromatic heterocycles. The zero-order valence-electron chi connectivity index (χ0n) is 9.84. The SMILES string of the molecule is C=C(CCC)[SiH](OCCC)OCCC. The van der Waals surface area contributed by atoms with E-state index in [1.807, 2.05) is 0 Å². The highest BCUT2D eigenvalue weighted by Gasteiger charge is 2.16. The Morgan fingerprint density at radius 3 is 1.86 bits per heavy atom. The van der Waals surface area contributed by atoms with E-state index in [2.05, 4.69) is 27.4 Å². The van der Waals surface area contributed by atoms with E-state index in [0.29, 0.717) is 0 Å². The Morgan fingerprint density at radius 2 is 1.50 bits per heavy atom. The lowest BCUT2D eigenvalue weighted by molar-refractivity contribution is 0.203. The van der Waals surface area contributed by atoms with E-state index in [-0.39, 0.29) is 0 Å². The first-order chi connectivity index (χ1) is 6.76. The third kappa shape index (κ3) is 6.35. The second kappa shape index (κ2) is 9.43. The zero-order chi connectivity index (χ0) is 10.8. The lowest BCUT2D eigenvalue weighted by Gasteiger charge is -2.17. The van der Waals surface area contributed by atoms with Crippen LogP contribution in [0.15, 0.2) is 11.8 Å². The van der Waals surface area contributed by atoms with E-state index >= 15 is 0 Å². The molecule has 84 valence electrons. The van der Waals surface area contributed by atoms with Crippen molar-refractivity contribution in [3.05, 3.63) is 11.8 Å². The fourth-order valence-electron chi connectivity index (χ4n) is 1.17. The zero-order valence-corrected chi connectivity index (χ0v) is 11.0. The summed E-state index contributed by atoms with van der Waals surface area (Å²) < 4.78 is 11.4. The third-order valence-corrected chi connectivity index (χ3v) is 3.88. The molecule has 0 aliphatic carbocycles. The summed E-state index contributed by atoms with van der Waals surface area (Å²) >= 11 is 0. The molecule has 0 unspecified atom stereocenters. The van der Waals surface area contributed by atoms with Gasteiger partial charge in [-0.15, -0.1) is 0 Å². The van der Waals surface area contributed by atoms with E-state index in [1.165, 1.54) is 5.20 Å². The summed E-state index contributed by atoms with van der Waals surface area (Å²) in [5, 5.41) is 1.20. The molecule has 0 saturated heterocycles. The van der Waals surface area contributed by atoms with Gasteiger partial charge < -0.3 is 8.85 Å². The molecular weight excluding hydrogens is 192 g/mol. The molecule has 0 spiro atoms. The van der Waals surface area contributed by atoms with Gasteiger partial charge in [0, 0.05) is 13.2 Å². The molecule has 2 nitrogen and oxygen atoms in total. The number of allylic oxidation sites excluding steroid dienone is 1. The van der Waals surface area contributed by atoms with Gasteiger partial charge in [-0.25, -0.2) is 0 Å². The summed E-state index contributed by atoms with van der Waals surface area (Å²) in [6.45, 7) is 12.1.